The molecule has 0 aliphatic carbocycles. The van der Waals surface area contributed by atoms with Crippen molar-refractivity contribution in [3.05, 3.63) is 36.3 Å². The van der Waals surface area contributed by atoms with Crippen LogP contribution < -0.4 is 10.2 Å². The van der Waals surface area contributed by atoms with Crippen LogP contribution in [0.1, 0.15) is 28.6 Å². The van der Waals surface area contributed by atoms with Gasteiger partial charge in [-0.25, -0.2) is 14.4 Å². The van der Waals surface area contributed by atoms with Gasteiger partial charge in [0.25, 0.3) is 0 Å². The number of nitrogens with zero attached hydrogens (tertiary/aromatic N) is 4. The Balaban J connectivity index is 0.00000225. The molecule has 2 atom stereocenters. The maximum Gasteiger partial charge on any atom is 0.181 e. The van der Waals surface area contributed by atoms with Crippen LogP contribution in [0.2, 0.25) is 0 Å². The van der Waals surface area contributed by atoms with E-state index in [9.17, 15) is 4.39 Å². The fourth-order valence-electron chi connectivity index (χ4n) is 3.89. The molecule has 0 unspecified atom stereocenters. The molecule has 0 spiro atoms. The number of aromatic amines is 1. The maximum absolute atomic E-state index is 14.6. The van der Waals surface area contributed by atoms with Crippen LogP contribution in [0.3, 0.4) is 0 Å². The second-order valence-corrected chi connectivity index (χ2v) is 7.77. The third-order valence-corrected chi connectivity index (χ3v) is 4.93. The summed E-state index contributed by atoms with van der Waals surface area (Å²) in [5, 5.41) is 11.5. The van der Waals surface area contributed by atoms with Crippen LogP contribution in [0.15, 0.2) is 30.5 Å². The van der Waals surface area contributed by atoms with E-state index in [1.165, 1.54) is 6.07 Å². The molecule has 1 saturated heterocycles. The van der Waals surface area contributed by atoms with Crippen LogP contribution in [0.4, 0.5) is 10.2 Å². The van der Waals surface area contributed by atoms with Gasteiger partial charge in [0.05, 0.1) is 5.69 Å². The number of hydrogen-bond donors (Lipinski definition) is 2. The third kappa shape index (κ3) is 3.64. The molecule has 4 rings (SSSR count). The van der Waals surface area contributed by atoms with E-state index >= 15 is 0 Å². The molecule has 3 aromatic heterocycles. The molecule has 1 aliphatic heterocycles. The van der Waals surface area contributed by atoms with Crippen molar-refractivity contribution >= 4 is 16.9 Å². The Morgan fingerprint density at radius 2 is 2.15 bits per heavy atom. The van der Waals surface area contributed by atoms with Crippen molar-refractivity contribution in [2.75, 3.05) is 18.0 Å². The van der Waals surface area contributed by atoms with Gasteiger partial charge in [-0.3, -0.25) is 5.10 Å². The van der Waals surface area contributed by atoms with Crippen LogP contribution >= 0.6 is 0 Å². The smallest absolute Gasteiger partial charge is 0.181 e. The summed E-state index contributed by atoms with van der Waals surface area (Å²) < 4.78 is 14.6. The first kappa shape index (κ1) is 17.9. The maximum atomic E-state index is 14.6. The fourth-order valence-corrected chi connectivity index (χ4v) is 3.89. The molecule has 1 aliphatic rings. The van der Waals surface area contributed by atoms with Crippen molar-refractivity contribution in [2.24, 2.45) is 5.92 Å². The van der Waals surface area contributed by atoms with Crippen molar-refractivity contribution in [1.29, 1.82) is 0 Å². The highest BCUT2D eigenvalue weighted by atomic mass is 19.1. The van der Waals surface area contributed by atoms with Crippen molar-refractivity contribution in [2.45, 2.75) is 39.3 Å². The number of H-pyrrole nitrogens is 1. The van der Waals surface area contributed by atoms with Gasteiger partial charge in [0, 0.05) is 38.2 Å². The largest absolute Gasteiger partial charge is 0.353 e. The van der Waals surface area contributed by atoms with Crippen molar-refractivity contribution < 1.29 is 5.82 Å². The number of hydrogen-bond acceptors (Lipinski definition) is 5. The molecule has 1 fully saturated rings. The Hall–Kier alpha value is -2.54. The minimum absolute atomic E-state index is 0. The first-order valence-corrected chi connectivity index (χ1v) is 9.48. The molecule has 27 heavy (non-hydrogen) atoms. The zero-order chi connectivity index (χ0) is 19.0. The number of halogens is 1. The molecule has 6 nitrogen and oxygen atoms in total. The first-order valence-electron chi connectivity index (χ1n) is 9.48. The molecule has 4 heterocycles. The van der Waals surface area contributed by atoms with E-state index < -0.39 is 0 Å². The molecule has 0 radical (unpaired) electrons. The van der Waals surface area contributed by atoms with Gasteiger partial charge >= 0.3 is 0 Å². The molecule has 7 heteroatoms. The number of rotatable bonds is 4. The number of fused-ring (bicyclic) bond motifs is 1. The van der Waals surface area contributed by atoms with Crippen LogP contribution in [0, 0.1) is 11.7 Å². The fraction of sp³-hybridized carbons (Fsp3) is 0.450. The summed E-state index contributed by atoms with van der Waals surface area (Å²) in [4.78, 5) is 11.1. The van der Waals surface area contributed by atoms with E-state index in [1.807, 2.05) is 12.1 Å². The molecule has 0 aromatic carbocycles. The minimum Gasteiger partial charge on any atom is -0.353 e. The van der Waals surface area contributed by atoms with Gasteiger partial charge < -0.3 is 10.2 Å². The topological polar surface area (TPSA) is 69.7 Å². The quantitative estimate of drug-likeness (QED) is 0.734. The number of aromatic nitrogens is 4. The van der Waals surface area contributed by atoms with Crippen molar-refractivity contribution in [1.82, 2.24) is 25.5 Å². The number of nitrogens with one attached hydrogen (secondary N) is 2. The van der Waals surface area contributed by atoms with Gasteiger partial charge in [-0.15, -0.1) is 0 Å². The highest BCUT2D eigenvalue weighted by Crippen LogP contribution is 2.28. The number of anilines is 1. The summed E-state index contributed by atoms with van der Waals surface area (Å²) in [6.07, 6.45) is 2.77. The van der Waals surface area contributed by atoms with Gasteiger partial charge in [0.1, 0.15) is 11.5 Å². The number of pyridine rings is 2. The lowest BCUT2D eigenvalue weighted by atomic mass is 10.00. The van der Waals surface area contributed by atoms with Crippen molar-refractivity contribution in [3.8, 4) is 11.4 Å². The number of piperazine rings is 1. The highest BCUT2D eigenvalue weighted by molar-refractivity contribution is 5.89. The van der Waals surface area contributed by atoms with Gasteiger partial charge in [-0.2, -0.15) is 5.10 Å². The Bertz CT molecular complexity index is 941. The van der Waals surface area contributed by atoms with Crippen LogP contribution in [-0.4, -0.2) is 45.3 Å². The second kappa shape index (κ2) is 7.23. The minimum atomic E-state index is -0.366. The summed E-state index contributed by atoms with van der Waals surface area (Å²) in [5.41, 5.74) is 1.42. The standard InChI is InChI=1S/C20H25FN6.H2/c1-12(2)9-14-11-27(10-13(3)23-14)17-7-6-16(21)19(24-17)18-15-5-4-8-22-20(15)26-25-18;/h4-8,12-14,23H,9-11H2,1-3H3,(H,22,25,26);1H/t13-,14+;/m1./s1. The van der Waals surface area contributed by atoms with E-state index in [-0.39, 0.29) is 12.9 Å². The van der Waals surface area contributed by atoms with E-state index in [1.54, 1.807) is 12.3 Å². The normalized spacial score (nSPS) is 20.6. The van der Waals surface area contributed by atoms with Crippen LogP contribution in [0.5, 0.6) is 0 Å². The first-order chi connectivity index (χ1) is 13.0. The monoisotopic (exact) mass is 370 g/mol. The zero-order valence-corrected chi connectivity index (χ0v) is 15.9. The summed E-state index contributed by atoms with van der Waals surface area (Å²) in [5.74, 6) is 1.05. The summed E-state index contributed by atoms with van der Waals surface area (Å²) in [6, 6.07) is 7.71. The van der Waals surface area contributed by atoms with Crippen molar-refractivity contribution in [3.63, 3.8) is 0 Å². The Morgan fingerprint density at radius 1 is 1.30 bits per heavy atom. The Labute approximate surface area is 159 Å². The lowest BCUT2D eigenvalue weighted by Gasteiger charge is -2.39. The predicted molar refractivity (Wildman–Crippen MR) is 107 cm³/mol. The van der Waals surface area contributed by atoms with Crippen LogP contribution in [-0.2, 0) is 0 Å². The predicted octanol–water partition coefficient (Wildman–Crippen LogP) is 3.62. The zero-order valence-electron chi connectivity index (χ0n) is 15.9. The van der Waals surface area contributed by atoms with Gasteiger partial charge in [0.15, 0.2) is 11.5 Å². The molecular weight excluding hydrogens is 343 g/mol. The Kier molecular flexibility index (Phi) is 4.78. The summed E-state index contributed by atoms with van der Waals surface area (Å²) in [6.45, 7) is 8.36. The summed E-state index contributed by atoms with van der Waals surface area (Å²) >= 11 is 0. The lowest BCUT2D eigenvalue weighted by Crippen LogP contribution is -2.56. The average Bonchev–Trinajstić information content (AvgIpc) is 3.05. The molecule has 3 aromatic rings. The lowest BCUT2D eigenvalue weighted by molar-refractivity contribution is 0.340. The van der Waals surface area contributed by atoms with Gasteiger partial charge in [0.2, 0.25) is 0 Å². The van der Waals surface area contributed by atoms with E-state index in [4.69, 9.17) is 0 Å². The van der Waals surface area contributed by atoms with E-state index in [0.29, 0.717) is 29.3 Å². The average molecular weight is 370 g/mol. The molecular formula is C20H27FN6. The van der Waals surface area contributed by atoms with E-state index in [2.05, 4.69) is 51.2 Å². The molecule has 0 amide bonds. The third-order valence-electron chi connectivity index (χ3n) is 4.93. The van der Waals surface area contributed by atoms with Gasteiger partial charge in [-0.1, -0.05) is 13.8 Å². The molecule has 2 N–H and O–H groups in total. The SMILES string of the molecule is CC(C)C[C@H]1CN(c2ccc(F)c(-c3[nH]nc4ncccc34)n2)C[C@@H](C)N1.[HH]. The van der Waals surface area contributed by atoms with Crippen LogP contribution in [0.25, 0.3) is 22.4 Å². The summed E-state index contributed by atoms with van der Waals surface area (Å²) in [7, 11) is 0. The second-order valence-electron chi connectivity index (χ2n) is 7.77. The molecule has 0 saturated carbocycles. The molecule has 0 bridgehead atoms. The van der Waals surface area contributed by atoms with E-state index in [0.717, 1.165) is 30.7 Å². The molecule has 144 valence electrons. The highest BCUT2D eigenvalue weighted by Gasteiger charge is 2.26. The van der Waals surface area contributed by atoms with Gasteiger partial charge in [-0.05, 0) is 43.5 Å². The Morgan fingerprint density at radius 3 is 2.96 bits per heavy atom.